The minimum absolute atomic E-state index is 0.00849. The first-order chi connectivity index (χ1) is 9.99. The molecule has 0 aromatic carbocycles. The second kappa shape index (κ2) is 6.25. The average Bonchev–Trinajstić information content (AvgIpc) is 3.23. The highest BCUT2D eigenvalue weighted by Crippen LogP contribution is 2.38. The molecule has 2 aliphatic heterocycles. The van der Waals surface area contributed by atoms with E-state index in [1.807, 2.05) is 6.92 Å². The quantitative estimate of drug-likeness (QED) is 0.760. The molecule has 2 aliphatic rings. The van der Waals surface area contributed by atoms with Crippen LogP contribution in [0.1, 0.15) is 45.4 Å². The van der Waals surface area contributed by atoms with Gasteiger partial charge in [0.25, 0.3) is 0 Å². The normalized spacial score (nSPS) is 26.2. The Morgan fingerprint density at radius 1 is 1.43 bits per heavy atom. The third-order valence-electron chi connectivity index (χ3n) is 4.42. The van der Waals surface area contributed by atoms with E-state index in [0.29, 0.717) is 38.6 Å². The molecule has 2 atom stereocenters. The van der Waals surface area contributed by atoms with Gasteiger partial charge in [0.05, 0.1) is 5.92 Å². The number of likely N-dealkylation sites (tertiary alicyclic amines) is 1. The average molecular weight is 291 g/mol. The van der Waals surface area contributed by atoms with Crippen LogP contribution in [0.2, 0.25) is 0 Å². The van der Waals surface area contributed by atoms with Gasteiger partial charge in [-0.25, -0.2) is 0 Å². The first-order valence-electron chi connectivity index (χ1n) is 7.39. The summed E-state index contributed by atoms with van der Waals surface area (Å²) in [5, 5.41) is 17.2. The smallest absolute Gasteiger partial charge is 0.308 e. The van der Waals surface area contributed by atoms with Gasteiger partial charge in [-0.2, -0.15) is 10.2 Å². The molecule has 0 aliphatic carbocycles. The molecule has 0 saturated carbocycles. The Morgan fingerprint density at radius 2 is 2.14 bits per heavy atom. The molecule has 114 valence electrons. The van der Waals surface area contributed by atoms with Crippen molar-refractivity contribution in [2.45, 2.75) is 57.2 Å². The van der Waals surface area contributed by atoms with E-state index in [-0.39, 0.29) is 11.9 Å². The molecule has 1 N–H and O–H groups in total. The van der Waals surface area contributed by atoms with Crippen LogP contribution in [-0.4, -0.2) is 40.1 Å². The zero-order valence-corrected chi connectivity index (χ0v) is 12.3. The first-order valence-corrected chi connectivity index (χ1v) is 7.39. The molecule has 2 heterocycles. The second-order valence-electron chi connectivity index (χ2n) is 5.80. The molecule has 1 saturated heterocycles. The first kappa shape index (κ1) is 15.5. The third kappa shape index (κ3) is 3.60. The van der Waals surface area contributed by atoms with Crippen LogP contribution in [0.3, 0.4) is 0 Å². The summed E-state index contributed by atoms with van der Waals surface area (Å²) in [6, 6.07) is -0.251. The van der Waals surface area contributed by atoms with E-state index in [4.69, 9.17) is 6.42 Å². The van der Waals surface area contributed by atoms with E-state index in [0.717, 1.165) is 6.42 Å². The van der Waals surface area contributed by atoms with Crippen molar-refractivity contribution in [3.8, 4) is 12.3 Å². The Bertz CT molecular complexity index is 489. The highest BCUT2D eigenvalue weighted by Gasteiger charge is 2.41. The minimum Gasteiger partial charge on any atom is -0.481 e. The molecule has 2 rings (SSSR count). The number of rotatable bonds is 6. The van der Waals surface area contributed by atoms with Gasteiger partial charge in [0, 0.05) is 38.3 Å². The number of hydrogen-bond acceptors (Lipinski definition) is 4. The van der Waals surface area contributed by atoms with Gasteiger partial charge in [0.15, 0.2) is 5.66 Å². The fourth-order valence-corrected chi connectivity index (χ4v) is 2.94. The Kier molecular flexibility index (Phi) is 4.61. The summed E-state index contributed by atoms with van der Waals surface area (Å²) in [5.74, 6) is 1.27. The molecule has 6 nitrogen and oxygen atoms in total. The van der Waals surface area contributed by atoms with Gasteiger partial charge in [0.1, 0.15) is 0 Å². The van der Waals surface area contributed by atoms with Crippen molar-refractivity contribution in [1.82, 2.24) is 4.90 Å². The number of carboxylic acids is 1. The van der Waals surface area contributed by atoms with Crippen molar-refractivity contribution in [2.24, 2.45) is 16.1 Å². The van der Waals surface area contributed by atoms with Crippen LogP contribution in [0, 0.1) is 18.3 Å². The number of nitrogens with zero attached hydrogens (tertiary/aromatic N) is 3. The summed E-state index contributed by atoms with van der Waals surface area (Å²) in [7, 11) is 0. The lowest BCUT2D eigenvalue weighted by Crippen LogP contribution is -2.49. The van der Waals surface area contributed by atoms with Crippen LogP contribution in [0.4, 0.5) is 0 Å². The molecule has 1 fully saturated rings. The lowest BCUT2D eigenvalue weighted by atomic mass is 9.89. The summed E-state index contributed by atoms with van der Waals surface area (Å²) in [4.78, 5) is 25.2. The molecule has 0 spiro atoms. The summed E-state index contributed by atoms with van der Waals surface area (Å²) in [6.07, 6.45) is 8.80. The lowest BCUT2D eigenvalue weighted by Gasteiger charge is -2.37. The predicted molar refractivity (Wildman–Crippen MR) is 76.4 cm³/mol. The molecule has 0 bridgehead atoms. The summed E-state index contributed by atoms with van der Waals surface area (Å²) in [5.41, 5.74) is -0.451. The number of terminal acetylenes is 1. The summed E-state index contributed by atoms with van der Waals surface area (Å²) in [6.45, 7) is 2.45. The summed E-state index contributed by atoms with van der Waals surface area (Å²) >= 11 is 0. The molecule has 0 aromatic rings. The lowest BCUT2D eigenvalue weighted by molar-refractivity contribution is -0.149. The number of carbonyl (C=O) groups excluding carboxylic acids is 1. The Hall–Kier alpha value is -1.90. The van der Waals surface area contributed by atoms with E-state index in [1.165, 1.54) is 0 Å². The minimum atomic E-state index is -0.822. The van der Waals surface area contributed by atoms with Crippen molar-refractivity contribution in [3.05, 3.63) is 0 Å². The molecule has 21 heavy (non-hydrogen) atoms. The third-order valence-corrected chi connectivity index (χ3v) is 4.42. The van der Waals surface area contributed by atoms with Crippen molar-refractivity contribution in [1.29, 1.82) is 0 Å². The van der Waals surface area contributed by atoms with E-state index >= 15 is 0 Å². The monoisotopic (exact) mass is 291 g/mol. The second-order valence-corrected chi connectivity index (χ2v) is 5.80. The molecule has 0 aromatic heterocycles. The van der Waals surface area contributed by atoms with E-state index in [2.05, 4.69) is 16.1 Å². The number of hydrogen-bond donors (Lipinski definition) is 1. The van der Waals surface area contributed by atoms with Crippen molar-refractivity contribution in [2.75, 3.05) is 6.54 Å². The summed E-state index contributed by atoms with van der Waals surface area (Å²) < 4.78 is 0. The van der Waals surface area contributed by atoms with Crippen LogP contribution in [0.5, 0.6) is 0 Å². The maximum Gasteiger partial charge on any atom is 0.308 e. The standard InChI is InChI=1S/C15H21N3O3/c1-3-4-8-15(16-17-15)9-7-13(19)18-10-5-6-12(11(18)2)14(20)21/h1,11-12H,4-10H2,2H3,(H,20,21)/t11-,12-/m1/s1. The fraction of sp³-hybridized carbons (Fsp3) is 0.733. The van der Waals surface area contributed by atoms with Gasteiger partial charge < -0.3 is 10.0 Å². The number of aliphatic carboxylic acids is 1. The Balaban J connectivity index is 1.86. The number of carboxylic acid groups (broad SMARTS) is 1. The molecular formula is C15H21N3O3. The van der Waals surface area contributed by atoms with Gasteiger partial charge in [-0.05, 0) is 19.8 Å². The number of piperidine rings is 1. The van der Waals surface area contributed by atoms with Gasteiger partial charge in [-0.3, -0.25) is 9.59 Å². The number of carbonyl (C=O) groups is 2. The van der Waals surface area contributed by atoms with Crippen molar-refractivity contribution >= 4 is 11.9 Å². The van der Waals surface area contributed by atoms with E-state index < -0.39 is 17.6 Å². The fourth-order valence-electron chi connectivity index (χ4n) is 2.94. The van der Waals surface area contributed by atoms with Crippen molar-refractivity contribution in [3.63, 3.8) is 0 Å². The van der Waals surface area contributed by atoms with E-state index in [1.54, 1.807) is 4.90 Å². The van der Waals surface area contributed by atoms with Gasteiger partial charge in [0.2, 0.25) is 5.91 Å². The molecular weight excluding hydrogens is 270 g/mol. The van der Waals surface area contributed by atoms with Crippen LogP contribution >= 0.6 is 0 Å². The van der Waals surface area contributed by atoms with Gasteiger partial charge >= 0.3 is 5.97 Å². The maximum atomic E-state index is 12.3. The molecule has 0 unspecified atom stereocenters. The highest BCUT2D eigenvalue weighted by atomic mass is 16.4. The number of amides is 1. The Labute approximate surface area is 124 Å². The van der Waals surface area contributed by atoms with E-state index in [9.17, 15) is 14.7 Å². The molecule has 1 amide bonds. The molecule has 6 heteroatoms. The maximum absolute atomic E-state index is 12.3. The SMILES string of the molecule is C#CCCC1(CCC(=O)N2CCC[C@@H](C(=O)O)[C@H]2C)N=N1. The zero-order chi connectivity index (χ0) is 15.5. The topological polar surface area (TPSA) is 82.3 Å². The van der Waals surface area contributed by atoms with Gasteiger partial charge in [-0.15, -0.1) is 12.3 Å². The predicted octanol–water partition coefficient (Wildman–Crippen LogP) is 2.05. The van der Waals surface area contributed by atoms with Crippen LogP contribution < -0.4 is 0 Å². The van der Waals surface area contributed by atoms with Crippen LogP contribution in [0.25, 0.3) is 0 Å². The highest BCUT2D eigenvalue weighted by molar-refractivity contribution is 5.78. The van der Waals surface area contributed by atoms with Crippen LogP contribution in [0.15, 0.2) is 10.2 Å². The van der Waals surface area contributed by atoms with Gasteiger partial charge in [-0.1, -0.05) is 0 Å². The van der Waals surface area contributed by atoms with Crippen LogP contribution in [-0.2, 0) is 9.59 Å². The zero-order valence-electron chi connectivity index (χ0n) is 12.3. The Morgan fingerprint density at radius 3 is 2.71 bits per heavy atom. The molecule has 0 radical (unpaired) electrons. The largest absolute Gasteiger partial charge is 0.481 e. The van der Waals surface area contributed by atoms with Crippen molar-refractivity contribution < 1.29 is 14.7 Å².